The third-order valence-corrected chi connectivity index (χ3v) is 4.30. The topological polar surface area (TPSA) is 62.5 Å². The number of piperidine rings is 1. The van der Waals surface area contributed by atoms with Gasteiger partial charge in [-0.1, -0.05) is 11.6 Å². The molecular weight excluding hydrogens is 280 g/mol. The van der Waals surface area contributed by atoms with Gasteiger partial charge in [0.15, 0.2) is 0 Å². The van der Waals surface area contributed by atoms with E-state index in [1.165, 1.54) is 0 Å². The van der Waals surface area contributed by atoms with Gasteiger partial charge < -0.3 is 14.6 Å². The predicted octanol–water partition coefficient (Wildman–Crippen LogP) is 2.49. The molecule has 0 spiro atoms. The van der Waals surface area contributed by atoms with Gasteiger partial charge in [0.2, 0.25) is 0 Å². The van der Waals surface area contributed by atoms with Crippen molar-refractivity contribution in [2.45, 2.75) is 33.2 Å². The van der Waals surface area contributed by atoms with E-state index in [-0.39, 0.29) is 5.91 Å². The number of carbonyl (C=O) groups excluding carboxylic acids is 1. The Bertz CT molecular complexity index is 531. The van der Waals surface area contributed by atoms with E-state index in [1.807, 2.05) is 11.5 Å². The van der Waals surface area contributed by atoms with Gasteiger partial charge in [-0.25, -0.2) is 0 Å². The second-order valence-electron chi connectivity index (χ2n) is 5.49. The summed E-state index contributed by atoms with van der Waals surface area (Å²) in [6.07, 6.45) is 2.70. The van der Waals surface area contributed by atoms with Crippen molar-refractivity contribution >= 4 is 23.5 Å². The van der Waals surface area contributed by atoms with Gasteiger partial charge >= 0.3 is 5.97 Å². The lowest BCUT2D eigenvalue weighted by Crippen LogP contribution is -2.45. The van der Waals surface area contributed by atoms with Crippen LogP contribution >= 0.6 is 11.6 Å². The lowest BCUT2D eigenvalue weighted by molar-refractivity contribution is -0.150. The lowest BCUT2D eigenvalue weighted by atomic mass is 9.80. The summed E-state index contributed by atoms with van der Waals surface area (Å²) in [5.41, 5.74) is -0.155. The number of rotatable bonds is 3. The van der Waals surface area contributed by atoms with Crippen LogP contribution < -0.4 is 0 Å². The first kappa shape index (κ1) is 14.9. The van der Waals surface area contributed by atoms with Crippen molar-refractivity contribution in [3.8, 4) is 0 Å². The summed E-state index contributed by atoms with van der Waals surface area (Å²) in [7, 11) is 0. The van der Waals surface area contributed by atoms with E-state index in [0.717, 1.165) is 0 Å². The Balaban J connectivity index is 2.10. The highest BCUT2D eigenvalue weighted by Crippen LogP contribution is 2.31. The first-order chi connectivity index (χ1) is 9.37. The van der Waals surface area contributed by atoms with Gasteiger partial charge in [-0.2, -0.15) is 0 Å². The van der Waals surface area contributed by atoms with E-state index < -0.39 is 11.4 Å². The van der Waals surface area contributed by atoms with E-state index in [2.05, 4.69) is 0 Å². The second-order valence-corrected chi connectivity index (χ2v) is 5.92. The standard InChI is InChI=1S/C14H19ClN2O3/c1-3-16-9-10(15)8-11(16)12(18)17-6-4-14(2,5-7-17)13(19)20/h8-9H,3-7H2,1-2H3,(H,19,20). The molecule has 1 aliphatic rings. The minimum atomic E-state index is -0.787. The molecule has 1 aliphatic heterocycles. The molecule has 2 rings (SSSR count). The quantitative estimate of drug-likeness (QED) is 0.932. The monoisotopic (exact) mass is 298 g/mol. The fraction of sp³-hybridized carbons (Fsp3) is 0.571. The van der Waals surface area contributed by atoms with E-state index in [1.54, 1.807) is 24.1 Å². The molecule has 0 bridgehead atoms. The number of halogens is 1. The highest BCUT2D eigenvalue weighted by atomic mass is 35.5. The van der Waals surface area contributed by atoms with Crippen molar-refractivity contribution in [3.05, 3.63) is 23.0 Å². The van der Waals surface area contributed by atoms with Crippen molar-refractivity contribution in [1.29, 1.82) is 0 Å². The van der Waals surface area contributed by atoms with Gasteiger partial charge in [-0.3, -0.25) is 9.59 Å². The molecule has 0 radical (unpaired) electrons. The Morgan fingerprint density at radius 3 is 2.50 bits per heavy atom. The van der Waals surface area contributed by atoms with E-state index in [4.69, 9.17) is 11.6 Å². The summed E-state index contributed by atoms with van der Waals surface area (Å²) in [4.78, 5) is 25.4. The van der Waals surface area contributed by atoms with Crippen LogP contribution in [0, 0.1) is 5.41 Å². The fourth-order valence-corrected chi connectivity index (χ4v) is 2.72. The number of carbonyl (C=O) groups is 2. The van der Waals surface area contributed by atoms with Crippen LogP contribution in [0.15, 0.2) is 12.3 Å². The Morgan fingerprint density at radius 1 is 1.40 bits per heavy atom. The number of aromatic nitrogens is 1. The van der Waals surface area contributed by atoms with E-state index in [9.17, 15) is 14.7 Å². The van der Waals surface area contributed by atoms with Crippen LogP contribution in [0.4, 0.5) is 0 Å². The molecule has 0 atom stereocenters. The SMILES string of the molecule is CCn1cc(Cl)cc1C(=O)N1CCC(C)(C(=O)O)CC1. The number of aliphatic carboxylic acids is 1. The zero-order valence-electron chi connectivity index (χ0n) is 11.7. The summed E-state index contributed by atoms with van der Waals surface area (Å²) >= 11 is 5.94. The van der Waals surface area contributed by atoms with Gasteiger partial charge in [0, 0.05) is 25.8 Å². The molecule has 0 saturated carbocycles. The number of aryl methyl sites for hydroxylation is 1. The predicted molar refractivity (Wildman–Crippen MR) is 76.0 cm³/mol. The molecule has 1 aromatic heterocycles. The summed E-state index contributed by atoms with van der Waals surface area (Å²) < 4.78 is 1.82. The van der Waals surface area contributed by atoms with Crippen molar-refractivity contribution in [1.82, 2.24) is 9.47 Å². The highest BCUT2D eigenvalue weighted by Gasteiger charge is 2.38. The molecule has 6 heteroatoms. The molecule has 0 unspecified atom stereocenters. The van der Waals surface area contributed by atoms with Crippen LogP contribution in [0.2, 0.25) is 5.02 Å². The van der Waals surface area contributed by atoms with Crippen LogP contribution in [-0.4, -0.2) is 39.5 Å². The van der Waals surface area contributed by atoms with Crippen LogP contribution in [-0.2, 0) is 11.3 Å². The average Bonchev–Trinajstić information content (AvgIpc) is 2.80. The Labute approximate surface area is 123 Å². The molecule has 1 aromatic rings. The summed E-state index contributed by atoms with van der Waals surface area (Å²) in [6, 6.07) is 1.67. The number of nitrogens with zero attached hydrogens (tertiary/aromatic N) is 2. The molecular formula is C14H19ClN2O3. The molecule has 0 aliphatic carbocycles. The number of amides is 1. The van der Waals surface area contributed by atoms with Gasteiger partial charge in [0.25, 0.3) is 5.91 Å². The Morgan fingerprint density at radius 2 is 2.00 bits per heavy atom. The van der Waals surface area contributed by atoms with E-state index >= 15 is 0 Å². The minimum Gasteiger partial charge on any atom is -0.481 e. The maximum atomic E-state index is 12.5. The minimum absolute atomic E-state index is 0.0776. The molecule has 110 valence electrons. The summed E-state index contributed by atoms with van der Waals surface area (Å²) in [6.45, 7) is 5.30. The van der Waals surface area contributed by atoms with Crippen LogP contribution in [0.3, 0.4) is 0 Å². The molecule has 1 N–H and O–H groups in total. The maximum absolute atomic E-state index is 12.5. The first-order valence-electron chi connectivity index (χ1n) is 6.76. The normalized spacial score (nSPS) is 18.1. The third kappa shape index (κ3) is 2.68. The third-order valence-electron chi connectivity index (χ3n) is 4.09. The molecule has 1 amide bonds. The first-order valence-corrected chi connectivity index (χ1v) is 7.13. The van der Waals surface area contributed by atoms with Crippen LogP contribution in [0.25, 0.3) is 0 Å². The van der Waals surface area contributed by atoms with Crippen molar-refractivity contribution in [2.24, 2.45) is 5.41 Å². The van der Waals surface area contributed by atoms with Gasteiger partial charge in [-0.15, -0.1) is 0 Å². The molecule has 0 aromatic carbocycles. The van der Waals surface area contributed by atoms with Gasteiger partial charge in [0.1, 0.15) is 5.69 Å². The van der Waals surface area contributed by atoms with Gasteiger partial charge in [0.05, 0.1) is 10.4 Å². The zero-order valence-corrected chi connectivity index (χ0v) is 12.5. The van der Waals surface area contributed by atoms with Crippen molar-refractivity contribution in [3.63, 3.8) is 0 Å². The second kappa shape index (κ2) is 5.48. The molecule has 1 saturated heterocycles. The van der Waals surface area contributed by atoms with Crippen molar-refractivity contribution in [2.75, 3.05) is 13.1 Å². The molecule has 5 nitrogen and oxygen atoms in total. The Hall–Kier alpha value is -1.49. The number of likely N-dealkylation sites (tertiary alicyclic amines) is 1. The Kier molecular flexibility index (Phi) is 4.09. The number of carboxylic acid groups (broad SMARTS) is 1. The maximum Gasteiger partial charge on any atom is 0.309 e. The van der Waals surface area contributed by atoms with Gasteiger partial charge in [-0.05, 0) is 32.8 Å². The molecule has 2 heterocycles. The summed E-state index contributed by atoms with van der Waals surface area (Å²) in [5.74, 6) is -0.865. The highest BCUT2D eigenvalue weighted by molar-refractivity contribution is 6.31. The number of carboxylic acids is 1. The number of hydrogen-bond donors (Lipinski definition) is 1. The smallest absolute Gasteiger partial charge is 0.309 e. The zero-order chi connectivity index (χ0) is 14.9. The summed E-state index contributed by atoms with van der Waals surface area (Å²) in [5, 5.41) is 9.74. The fourth-order valence-electron chi connectivity index (χ4n) is 2.49. The van der Waals surface area contributed by atoms with Crippen LogP contribution in [0.5, 0.6) is 0 Å². The molecule has 1 fully saturated rings. The number of hydrogen-bond acceptors (Lipinski definition) is 2. The molecule has 20 heavy (non-hydrogen) atoms. The van der Waals surface area contributed by atoms with Crippen molar-refractivity contribution < 1.29 is 14.7 Å². The lowest BCUT2D eigenvalue weighted by Gasteiger charge is -2.36. The van der Waals surface area contributed by atoms with E-state index in [0.29, 0.717) is 43.2 Å². The van der Waals surface area contributed by atoms with Crippen LogP contribution in [0.1, 0.15) is 37.2 Å². The largest absolute Gasteiger partial charge is 0.481 e. The average molecular weight is 299 g/mol.